The number of aryl methyl sites for hydroxylation is 1. The van der Waals surface area contributed by atoms with E-state index in [1.165, 1.54) is 0 Å². The van der Waals surface area contributed by atoms with Gasteiger partial charge in [0.2, 0.25) is 11.8 Å². The lowest BCUT2D eigenvalue weighted by atomic mass is 10.4. The molecule has 0 radical (unpaired) electrons. The average molecular weight is 238 g/mol. The van der Waals surface area contributed by atoms with Gasteiger partial charge in [-0.1, -0.05) is 0 Å². The summed E-state index contributed by atoms with van der Waals surface area (Å²) in [6, 6.07) is 1.85. The zero-order valence-corrected chi connectivity index (χ0v) is 11.1. The van der Waals surface area contributed by atoms with Crippen molar-refractivity contribution in [1.29, 1.82) is 0 Å². The molecule has 0 bridgehead atoms. The van der Waals surface area contributed by atoms with E-state index in [0.717, 1.165) is 18.8 Å². The van der Waals surface area contributed by atoms with E-state index in [0.29, 0.717) is 18.4 Å². The molecule has 0 aliphatic rings. The Labute approximate surface area is 103 Å². The lowest BCUT2D eigenvalue weighted by Crippen LogP contribution is -2.31. The van der Waals surface area contributed by atoms with Gasteiger partial charge < -0.3 is 15.4 Å². The van der Waals surface area contributed by atoms with E-state index < -0.39 is 0 Å². The minimum absolute atomic E-state index is 0.113. The van der Waals surface area contributed by atoms with Crippen LogP contribution in [0.2, 0.25) is 0 Å². The van der Waals surface area contributed by atoms with Crippen molar-refractivity contribution in [1.82, 2.24) is 9.97 Å². The molecule has 5 nitrogen and oxygen atoms in total. The van der Waals surface area contributed by atoms with Gasteiger partial charge in [0.1, 0.15) is 0 Å². The van der Waals surface area contributed by atoms with Crippen molar-refractivity contribution in [2.75, 3.05) is 24.5 Å². The Balaban J connectivity index is 2.94. The molecular formula is C12H22N4O. The van der Waals surface area contributed by atoms with Crippen LogP contribution in [0.1, 0.15) is 26.5 Å². The summed E-state index contributed by atoms with van der Waals surface area (Å²) < 4.78 is 5.60. The molecule has 1 aromatic rings. The number of anilines is 1. The SMILES string of the molecule is CCN(CCN)c1nc(C)cc(OC(C)C)n1. The summed E-state index contributed by atoms with van der Waals surface area (Å²) in [6.07, 6.45) is 0.113. The van der Waals surface area contributed by atoms with Crippen LogP contribution in [-0.4, -0.2) is 35.7 Å². The summed E-state index contributed by atoms with van der Waals surface area (Å²) in [5, 5.41) is 0. The van der Waals surface area contributed by atoms with E-state index in [2.05, 4.69) is 16.9 Å². The van der Waals surface area contributed by atoms with Crippen LogP contribution < -0.4 is 15.4 Å². The third-order valence-electron chi connectivity index (χ3n) is 2.24. The zero-order chi connectivity index (χ0) is 12.8. The van der Waals surface area contributed by atoms with Gasteiger partial charge in [0.05, 0.1) is 6.10 Å². The molecule has 17 heavy (non-hydrogen) atoms. The summed E-state index contributed by atoms with van der Waals surface area (Å²) in [5.74, 6) is 1.31. The molecule has 0 aliphatic carbocycles. The van der Waals surface area contributed by atoms with Crippen molar-refractivity contribution in [3.8, 4) is 5.88 Å². The van der Waals surface area contributed by atoms with Crippen molar-refractivity contribution >= 4 is 5.95 Å². The van der Waals surface area contributed by atoms with Crippen molar-refractivity contribution in [2.24, 2.45) is 5.73 Å². The molecular weight excluding hydrogens is 216 g/mol. The van der Waals surface area contributed by atoms with E-state index in [-0.39, 0.29) is 6.10 Å². The van der Waals surface area contributed by atoms with Crippen LogP contribution in [0, 0.1) is 6.92 Å². The van der Waals surface area contributed by atoms with Gasteiger partial charge >= 0.3 is 0 Å². The van der Waals surface area contributed by atoms with Crippen LogP contribution in [0.25, 0.3) is 0 Å². The number of aromatic nitrogens is 2. The summed E-state index contributed by atoms with van der Waals surface area (Å²) in [7, 11) is 0. The van der Waals surface area contributed by atoms with Gasteiger partial charge in [0.15, 0.2) is 0 Å². The molecule has 0 fully saturated rings. The molecule has 0 atom stereocenters. The second-order valence-electron chi connectivity index (χ2n) is 4.18. The Hall–Kier alpha value is -1.36. The summed E-state index contributed by atoms with van der Waals surface area (Å²) in [6.45, 7) is 10.1. The van der Waals surface area contributed by atoms with Crippen LogP contribution in [-0.2, 0) is 0 Å². The van der Waals surface area contributed by atoms with Gasteiger partial charge in [-0.2, -0.15) is 4.98 Å². The maximum Gasteiger partial charge on any atom is 0.228 e. The normalized spacial score (nSPS) is 10.7. The molecule has 0 aromatic carbocycles. The number of ether oxygens (including phenoxy) is 1. The number of nitrogens with zero attached hydrogens (tertiary/aromatic N) is 3. The molecule has 0 aliphatic heterocycles. The Bertz CT molecular complexity index is 354. The van der Waals surface area contributed by atoms with Gasteiger partial charge in [-0.15, -0.1) is 0 Å². The Morgan fingerprint density at radius 2 is 2.12 bits per heavy atom. The monoisotopic (exact) mass is 238 g/mol. The number of hydrogen-bond acceptors (Lipinski definition) is 5. The fraction of sp³-hybridized carbons (Fsp3) is 0.667. The molecule has 2 N–H and O–H groups in total. The molecule has 0 saturated carbocycles. The molecule has 0 unspecified atom stereocenters. The smallest absolute Gasteiger partial charge is 0.228 e. The van der Waals surface area contributed by atoms with Gasteiger partial charge in [-0.25, -0.2) is 4.98 Å². The van der Waals surface area contributed by atoms with Crippen molar-refractivity contribution in [3.05, 3.63) is 11.8 Å². The van der Waals surface area contributed by atoms with Gasteiger partial charge in [-0.05, 0) is 27.7 Å². The number of likely N-dealkylation sites (N-methyl/N-ethyl adjacent to an activating group) is 1. The second kappa shape index (κ2) is 6.39. The molecule has 1 rings (SSSR count). The summed E-state index contributed by atoms with van der Waals surface area (Å²) >= 11 is 0. The average Bonchev–Trinajstić information content (AvgIpc) is 2.23. The van der Waals surface area contributed by atoms with Crippen LogP contribution in [0.4, 0.5) is 5.95 Å². The van der Waals surface area contributed by atoms with Crippen molar-refractivity contribution < 1.29 is 4.74 Å². The molecule has 0 saturated heterocycles. The molecule has 1 aromatic heterocycles. The Kier molecular flexibility index (Phi) is 5.15. The van der Waals surface area contributed by atoms with Crippen molar-refractivity contribution in [2.45, 2.75) is 33.8 Å². The summed E-state index contributed by atoms with van der Waals surface area (Å²) in [5.41, 5.74) is 6.47. The van der Waals surface area contributed by atoms with Crippen LogP contribution in [0.15, 0.2) is 6.07 Å². The van der Waals surface area contributed by atoms with E-state index in [4.69, 9.17) is 10.5 Å². The van der Waals surface area contributed by atoms with E-state index in [1.807, 2.05) is 31.7 Å². The van der Waals surface area contributed by atoms with Crippen LogP contribution in [0.5, 0.6) is 5.88 Å². The van der Waals surface area contributed by atoms with Crippen LogP contribution in [0.3, 0.4) is 0 Å². The van der Waals surface area contributed by atoms with E-state index in [1.54, 1.807) is 0 Å². The number of nitrogens with two attached hydrogens (primary N) is 1. The van der Waals surface area contributed by atoms with Gasteiger partial charge in [0.25, 0.3) is 0 Å². The van der Waals surface area contributed by atoms with Gasteiger partial charge in [0, 0.05) is 31.4 Å². The molecule has 0 amide bonds. The third-order valence-corrected chi connectivity index (χ3v) is 2.24. The first kappa shape index (κ1) is 13.7. The van der Waals surface area contributed by atoms with Gasteiger partial charge in [-0.3, -0.25) is 0 Å². The minimum atomic E-state index is 0.113. The fourth-order valence-electron chi connectivity index (χ4n) is 1.52. The fourth-order valence-corrected chi connectivity index (χ4v) is 1.52. The largest absolute Gasteiger partial charge is 0.475 e. The third kappa shape index (κ3) is 4.19. The lowest BCUT2D eigenvalue weighted by molar-refractivity contribution is 0.232. The molecule has 1 heterocycles. The zero-order valence-electron chi connectivity index (χ0n) is 11.1. The van der Waals surface area contributed by atoms with Crippen LogP contribution >= 0.6 is 0 Å². The first-order valence-corrected chi connectivity index (χ1v) is 6.04. The maximum absolute atomic E-state index is 5.60. The first-order chi connectivity index (χ1) is 8.06. The highest BCUT2D eigenvalue weighted by molar-refractivity contribution is 5.34. The first-order valence-electron chi connectivity index (χ1n) is 6.04. The molecule has 5 heteroatoms. The maximum atomic E-state index is 5.60. The predicted molar refractivity (Wildman–Crippen MR) is 69.5 cm³/mol. The quantitative estimate of drug-likeness (QED) is 0.810. The van der Waals surface area contributed by atoms with Crippen molar-refractivity contribution in [3.63, 3.8) is 0 Å². The second-order valence-corrected chi connectivity index (χ2v) is 4.18. The highest BCUT2D eigenvalue weighted by Gasteiger charge is 2.10. The minimum Gasteiger partial charge on any atom is -0.475 e. The van der Waals surface area contributed by atoms with E-state index >= 15 is 0 Å². The highest BCUT2D eigenvalue weighted by atomic mass is 16.5. The summed E-state index contributed by atoms with van der Waals surface area (Å²) in [4.78, 5) is 10.9. The van der Waals surface area contributed by atoms with E-state index in [9.17, 15) is 0 Å². The Morgan fingerprint density at radius 3 is 2.65 bits per heavy atom. The lowest BCUT2D eigenvalue weighted by Gasteiger charge is -2.21. The predicted octanol–water partition coefficient (Wildman–Crippen LogP) is 1.36. The molecule has 96 valence electrons. The molecule has 0 spiro atoms. The number of hydrogen-bond donors (Lipinski definition) is 1. The highest BCUT2D eigenvalue weighted by Crippen LogP contribution is 2.16. The Morgan fingerprint density at radius 1 is 1.41 bits per heavy atom. The topological polar surface area (TPSA) is 64.3 Å². The standard InChI is InChI=1S/C12H22N4O/c1-5-16(7-6-13)12-14-10(4)8-11(15-12)17-9(2)3/h8-9H,5-7,13H2,1-4H3. The number of rotatable bonds is 6.